The lowest BCUT2D eigenvalue weighted by molar-refractivity contribution is -0.150. The number of carbonyl (C=O) groups is 2. The minimum Gasteiger partial charge on any atom is -0.479 e. The van der Waals surface area contributed by atoms with Crippen molar-refractivity contribution in [1.82, 2.24) is 19.8 Å². The van der Waals surface area contributed by atoms with Crippen LogP contribution in [0.25, 0.3) is 0 Å². The number of hydrogen-bond donors (Lipinski definition) is 2. The average Bonchev–Trinajstić information content (AvgIpc) is 3.16. The number of piperidine rings is 1. The molecule has 1 aliphatic heterocycles. The molecule has 2 aromatic rings. The number of benzene rings is 1. The summed E-state index contributed by atoms with van der Waals surface area (Å²) >= 11 is 0. The number of hydrogen-bond acceptors (Lipinski definition) is 3. The fourth-order valence-electron chi connectivity index (χ4n) is 3.07. The van der Waals surface area contributed by atoms with Gasteiger partial charge in [0.15, 0.2) is 0 Å². The summed E-state index contributed by atoms with van der Waals surface area (Å²) < 4.78 is 14.5. The van der Waals surface area contributed by atoms with E-state index in [1.54, 1.807) is 34.0 Å². The molecule has 7 nitrogen and oxygen atoms in total. The van der Waals surface area contributed by atoms with Crippen molar-refractivity contribution in [2.45, 2.75) is 24.9 Å². The van der Waals surface area contributed by atoms with E-state index >= 15 is 0 Å². The van der Waals surface area contributed by atoms with Crippen LogP contribution in [0.2, 0.25) is 0 Å². The molecule has 8 heteroatoms. The van der Waals surface area contributed by atoms with E-state index in [0.29, 0.717) is 32.5 Å². The molecule has 132 valence electrons. The summed E-state index contributed by atoms with van der Waals surface area (Å²) in [5.41, 5.74) is -0.269. The van der Waals surface area contributed by atoms with Gasteiger partial charge in [0.25, 0.3) is 0 Å². The van der Waals surface area contributed by atoms with Gasteiger partial charge >= 0.3 is 12.0 Å². The minimum atomic E-state index is -1.07. The van der Waals surface area contributed by atoms with E-state index in [0.717, 1.165) is 5.56 Å². The molecule has 0 saturated carbocycles. The summed E-state index contributed by atoms with van der Waals surface area (Å²) in [4.78, 5) is 29.6. The average molecular weight is 346 g/mol. The van der Waals surface area contributed by atoms with E-state index in [9.17, 15) is 19.1 Å². The van der Waals surface area contributed by atoms with Crippen LogP contribution < -0.4 is 5.32 Å². The quantitative estimate of drug-likeness (QED) is 0.884. The summed E-state index contributed by atoms with van der Waals surface area (Å²) in [6.45, 7) is 0.959. The van der Waals surface area contributed by atoms with Gasteiger partial charge in [0.1, 0.15) is 11.4 Å². The number of nitrogens with zero attached hydrogens (tertiary/aromatic N) is 3. The summed E-state index contributed by atoms with van der Waals surface area (Å²) in [5, 5.41) is 12.4. The highest BCUT2D eigenvalue weighted by Crippen LogP contribution is 2.30. The largest absolute Gasteiger partial charge is 0.479 e. The predicted octanol–water partition coefficient (Wildman–Crippen LogP) is 1.81. The molecule has 1 aromatic heterocycles. The van der Waals surface area contributed by atoms with Gasteiger partial charge < -0.3 is 19.9 Å². The van der Waals surface area contributed by atoms with Crippen LogP contribution in [0.3, 0.4) is 0 Å². The Morgan fingerprint density at radius 2 is 1.92 bits per heavy atom. The van der Waals surface area contributed by atoms with Crippen molar-refractivity contribution in [3.8, 4) is 0 Å². The normalized spacial score (nSPS) is 16.4. The fraction of sp³-hybridized carbons (Fsp3) is 0.353. The Morgan fingerprint density at radius 1 is 1.24 bits per heavy atom. The standard InChI is InChI=1S/C17H19FN4O3/c18-14-3-1-13(2-4-14)11-20-16(25)21-8-5-17(6-9-21,15(23)24)22-10-7-19-12-22/h1-4,7,10,12H,5-6,8-9,11H2,(H,20,25)(H,23,24). The fourth-order valence-corrected chi connectivity index (χ4v) is 3.07. The van der Waals surface area contributed by atoms with Gasteiger partial charge in [-0.25, -0.2) is 19.0 Å². The van der Waals surface area contributed by atoms with Gasteiger partial charge in [0.05, 0.1) is 6.33 Å². The number of carbonyl (C=O) groups excluding carboxylic acids is 1. The first-order valence-electron chi connectivity index (χ1n) is 8.00. The molecule has 0 bridgehead atoms. The zero-order valence-electron chi connectivity index (χ0n) is 13.6. The third kappa shape index (κ3) is 3.47. The van der Waals surface area contributed by atoms with Gasteiger partial charge in [-0.1, -0.05) is 12.1 Å². The Hall–Kier alpha value is -2.90. The highest BCUT2D eigenvalue weighted by atomic mass is 19.1. The molecule has 0 atom stereocenters. The van der Waals surface area contributed by atoms with Crippen LogP contribution in [-0.4, -0.2) is 44.6 Å². The Kier molecular flexibility index (Phi) is 4.69. The van der Waals surface area contributed by atoms with Crippen LogP contribution in [0.5, 0.6) is 0 Å². The van der Waals surface area contributed by atoms with Crippen molar-refractivity contribution in [2.24, 2.45) is 0 Å². The van der Waals surface area contributed by atoms with Crippen LogP contribution in [0.4, 0.5) is 9.18 Å². The summed E-state index contributed by atoms with van der Waals surface area (Å²) in [5.74, 6) is -1.24. The number of carboxylic acid groups (broad SMARTS) is 1. The second kappa shape index (κ2) is 6.92. The van der Waals surface area contributed by atoms with Crippen molar-refractivity contribution in [3.05, 3.63) is 54.4 Å². The SMILES string of the molecule is O=C(NCc1ccc(F)cc1)N1CCC(C(=O)O)(n2ccnc2)CC1. The van der Waals surface area contributed by atoms with Gasteiger partial charge in [-0.3, -0.25) is 0 Å². The molecule has 25 heavy (non-hydrogen) atoms. The molecule has 0 aliphatic carbocycles. The molecule has 1 saturated heterocycles. The van der Waals surface area contributed by atoms with Crippen molar-refractivity contribution in [1.29, 1.82) is 0 Å². The second-order valence-electron chi connectivity index (χ2n) is 6.08. The van der Waals surface area contributed by atoms with Crippen molar-refractivity contribution in [3.63, 3.8) is 0 Å². The van der Waals surface area contributed by atoms with E-state index in [1.165, 1.54) is 18.5 Å². The molecule has 0 spiro atoms. The molecule has 1 fully saturated rings. The Morgan fingerprint density at radius 3 is 2.48 bits per heavy atom. The van der Waals surface area contributed by atoms with Gasteiger partial charge in [0.2, 0.25) is 0 Å². The lowest BCUT2D eigenvalue weighted by atomic mass is 9.87. The zero-order valence-corrected chi connectivity index (χ0v) is 13.6. The maximum atomic E-state index is 12.9. The van der Waals surface area contributed by atoms with Gasteiger partial charge in [-0.2, -0.15) is 0 Å². The van der Waals surface area contributed by atoms with E-state index in [4.69, 9.17) is 0 Å². The minimum absolute atomic E-state index is 0.256. The van der Waals surface area contributed by atoms with Gasteiger partial charge in [-0.05, 0) is 30.5 Å². The second-order valence-corrected chi connectivity index (χ2v) is 6.08. The predicted molar refractivity (Wildman–Crippen MR) is 87.3 cm³/mol. The smallest absolute Gasteiger partial charge is 0.330 e. The van der Waals surface area contributed by atoms with Crippen molar-refractivity contribution < 1.29 is 19.1 Å². The number of aliphatic carboxylic acids is 1. The first-order chi connectivity index (χ1) is 12.0. The number of carboxylic acids is 1. The molecule has 0 unspecified atom stereocenters. The number of likely N-dealkylation sites (tertiary alicyclic amines) is 1. The number of aromatic nitrogens is 2. The molecule has 0 radical (unpaired) electrons. The Balaban J connectivity index is 1.58. The van der Waals surface area contributed by atoms with Gasteiger partial charge in [-0.15, -0.1) is 0 Å². The molecule has 2 heterocycles. The molecule has 1 aromatic carbocycles. The number of rotatable bonds is 4. The Labute approximate surface area is 144 Å². The van der Waals surface area contributed by atoms with Crippen molar-refractivity contribution in [2.75, 3.05) is 13.1 Å². The van der Waals surface area contributed by atoms with E-state index in [2.05, 4.69) is 10.3 Å². The van der Waals surface area contributed by atoms with E-state index in [1.807, 2.05) is 0 Å². The summed E-state index contributed by atoms with van der Waals surface area (Å²) in [7, 11) is 0. The first-order valence-corrected chi connectivity index (χ1v) is 8.00. The molecule has 3 rings (SSSR count). The number of urea groups is 1. The Bertz CT molecular complexity index is 738. The number of amides is 2. The topological polar surface area (TPSA) is 87.5 Å². The number of nitrogens with one attached hydrogen (secondary N) is 1. The van der Waals surface area contributed by atoms with E-state index in [-0.39, 0.29) is 11.8 Å². The summed E-state index contributed by atoms with van der Waals surface area (Å²) in [6, 6.07) is 5.65. The highest BCUT2D eigenvalue weighted by molar-refractivity contribution is 5.78. The van der Waals surface area contributed by atoms with Crippen molar-refractivity contribution >= 4 is 12.0 Å². The van der Waals surface area contributed by atoms with E-state index < -0.39 is 11.5 Å². The lowest BCUT2D eigenvalue weighted by Gasteiger charge is -2.39. The molecule has 2 N–H and O–H groups in total. The summed E-state index contributed by atoms with van der Waals surface area (Å²) in [6.07, 6.45) is 5.30. The monoisotopic (exact) mass is 346 g/mol. The number of halogens is 1. The van der Waals surface area contributed by atoms with Crippen LogP contribution in [-0.2, 0) is 16.9 Å². The van der Waals surface area contributed by atoms with Gasteiger partial charge in [0, 0.05) is 32.0 Å². The van der Waals surface area contributed by atoms with Crippen LogP contribution in [0.1, 0.15) is 18.4 Å². The molecular weight excluding hydrogens is 327 g/mol. The highest BCUT2D eigenvalue weighted by Gasteiger charge is 2.43. The molecule has 1 aliphatic rings. The maximum Gasteiger partial charge on any atom is 0.330 e. The third-order valence-corrected chi connectivity index (χ3v) is 4.63. The third-order valence-electron chi connectivity index (χ3n) is 4.63. The number of imidazole rings is 1. The molecular formula is C17H19FN4O3. The lowest BCUT2D eigenvalue weighted by Crippen LogP contribution is -2.53. The zero-order chi connectivity index (χ0) is 17.9. The first kappa shape index (κ1) is 16.9. The van der Waals surface area contributed by atoms with Crippen LogP contribution >= 0.6 is 0 Å². The van der Waals surface area contributed by atoms with Crippen LogP contribution in [0.15, 0.2) is 43.0 Å². The maximum absolute atomic E-state index is 12.9. The molecule has 2 amide bonds. The van der Waals surface area contributed by atoms with Crippen LogP contribution in [0, 0.1) is 5.82 Å².